The van der Waals surface area contributed by atoms with Crippen molar-refractivity contribution in [3.05, 3.63) is 42.0 Å². The van der Waals surface area contributed by atoms with Crippen LogP contribution in [-0.2, 0) is 0 Å². The summed E-state index contributed by atoms with van der Waals surface area (Å²) in [5.74, 6) is 0.103. The first kappa shape index (κ1) is 9.30. The zero-order valence-electron chi connectivity index (χ0n) is 7.07. The largest absolute Gasteiger partial charge is 0.508 e. The zero-order chi connectivity index (χ0) is 9.84. The van der Waals surface area contributed by atoms with Crippen molar-refractivity contribution < 1.29 is 5.11 Å². The molecular formula is C10H10N2O. The van der Waals surface area contributed by atoms with E-state index in [0.29, 0.717) is 11.1 Å². The van der Waals surface area contributed by atoms with Gasteiger partial charge in [-0.25, -0.2) is 0 Å². The van der Waals surface area contributed by atoms with Crippen LogP contribution in [0.2, 0.25) is 0 Å². The van der Waals surface area contributed by atoms with E-state index >= 15 is 0 Å². The van der Waals surface area contributed by atoms with Gasteiger partial charge in [0.05, 0.1) is 11.6 Å². The smallest absolute Gasteiger partial charge is 0.116 e. The summed E-state index contributed by atoms with van der Waals surface area (Å²) in [5.41, 5.74) is 6.72. The van der Waals surface area contributed by atoms with E-state index < -0.39 is 6.04 Å². The number of aromatic hydroxyl groups is 1. The van der Waals surface area contributed by atoms with Gasteiger partial charge in [-0.2, -0.15) is 5.26 Å². The number of nitrogens with two attached hydrogens (primary N) is 1. The Morgan fingerprint density at radius 2 is 2.31 bits per heavy atom. The predicted molar refractivity (Wildman–Crippen MR) is 49.9 cm³/mol. The van der Waals surface area contributed by atoms with Crippen LogP contribution in [0, 0.1) is 11.3 Å². The average Bonchev–Trinajstić information content (AvgIpc) is 2.16. The summed E-state index contributed by atoms with van der Waals surface area (Å²) in [6, 6.07) is 6.05. The number of phenolic OH excluding ortho intramolecular Hbond substituents is 1. The van der Waals surface area contributed by atoms with Gasteiger partial charge in [-0.15, -0.1) is 6.58 Å². The second kappa shape index (κ2) is 3.74. The maximum Gasteiger partial charge on any atom is 0.116 e. The summed E-state index contributed by atoms with van der Waals surface area (Å²) in [5, 5.41) is 17.9. The van der Waals surface area contributed by atoms with Crippen molar-refractivity contribution >= 4 is 0 Å². The quantitative estimate of drug-likeness (QED) is 0.666. The minimum atomic E-state index is -0.415. The molecule has 1 aromatic rings. The molecule has 66 valence electrons. The SMILES string of the molecule is C=CC(N)c1cc(O)ccc1C#N. The van der Waals surface area contributed by atoms with Crippen LogP contribution in [0.25, 0.3) is 0 Å². The average molecular weight is 174 g/mol. The van der Waals surface area contributed by atoms with Gasteiger partial charge in [0.2, 0.25) is 0 Å². The molecule has 0 spiro atoms. The number of nitrogens with zero attached hydrogens (tertiary/aromatic N) is 1. The molecule has 3 nitrogen and oxygen atoms in total. The van der Waals surface area contributed by atoms with Crippen LogP contribution < -0.4 is 5.73 Å². The van der Waals surface area contributed by atoms with E-state index in [1.807, 2.05) is 6.07 Å². The minimum absolute atomic E-state index is 0.103. The Hall–Kier alpha value is -1.79. The fourth-order valence-corrected chi connectivity index (χ4v) is 1.05. The van der Waals surface area contributed by atoms with E-state index in [1.54, 1.807) is 0 Å². The van der Waals surface area contributed by atoms with Crippen molar-refractivity contribution in [2.24, 2.45) is 5.73 Å². The molecule has 0 saturated heterocycles. The van der Waals surface area contributed by atoms with Crippen molar-refractivity contribution in [2.75, 3.05) is 0 Å². The molecule has 0 aromatic heterocycles. The molecule has 13 heavy (non-hydrogen) atoms. The Balaban J connectivity index is 3.25. The molecule has 1 atom stereocenters. The summed E-state index contributed by atoms with van der Waals surface area (Å²) in [6.45, 7) is 3.53. The van der Waals surface area contributed by atoms with Crippen molar-refractivity contribution in [3.63, 3.8) is 0 Å². The second-order valence-corrected chi connectivity index (χ2v) is 2.64. The summed E-state index contributed by atoms with van der Waals surface area (Å²) < 4.78 is 0. The highest BCUT2D eigenvalue weighted by atomic mass is 16.3. The maximum atomic E-state index is 9.18. The summed E-state index contributed by atoms with van der Waals surface area (Å²) in [6.07, 6.45) is 1.52. The number of hydrogen-bond donors (Lipinski definition) is 2. The third kappa shape index (κ3) is 1.86. The highest BCUT2D eigenvalue weighted by Crippen LogP contribution is 2.21. The van der Waals surface area contributed by atoms with Gasteiger partial charge in [-0.05, 0) is 23.8 Å². The standard InChI is InChI=1S/C10H10N2O/c1-2-10(12)9-5-8(13)4-3-7(9)6-11/h2-5,10,13H,1,12H2. The first-order valence-corrected chi connectivity index (χ1v) is 3.80. The lowest BCUT2D eigenvalue weighted by atomic mass is 10.0. The molecule has 0 saturated carbocycles. The molecule has 0 aliphatic carbocycles. The topological polar surface area (TPSA) is 70.0 Å². The van der Waals surface area contributed by atoms with Crippen LogP contribution in [0.4, 0.5) is 0 Å². The molecule has 3 heteroatoms. The molecule has 0 aliphatic rings. The minimum Gasteiger partial charge on any atom is -0.508 e. The van der Waals surface area contributed by atoms with Gasteiger partial charge in [0.15, 0.2) is 0 Å². The normalized spacial score (nSPS) is 11.7. The first-order chi connectivity index (χ1) is 6.19. The van der Waals surface area contributed by atoms with E-state index in [-0.39, 0.29) is 5.75 Å². The Morgan fingerprint density at radius 1 is 1.62 bits per heavy atom. The molecule has 0 bridgehead atoms. The van der Waals surface area contributed by atoms with Crippen LogP contribution in [0.5, 0.6) is 5.75 Å². The molecule has 3 N–H and O–H groups in total. The third-order valence-electron chi connectivity index (χ3n) is 1.77. The van der Waals surface area contributed by atoms with Gasteiger partial charge in [0.25, 0.3) is 0 Å². The fourth-order valence-electron chi connectivity index (χ4n) is 1.05. The van der Waals surface area contributed by atoms with Gasteiger partial charge < -0.3 is 10.8 Å². The molecule has 0 amide bonds. The second-order valence-electron chi connectivity index (χ2n) is 2.64. The van der Waals surface area contributed by atoms with Gasteiger partial charge in [0.1, 0.15) is 5.75 Å². The van der Waals surface area contributed by atoms with Gasteiger partial charge in [0, 0.05) is 6.04 Å². The molecule has 1 rings (SSSR count). The maximum absolute atomic E-state index is 9.18. The molecule has 1 aromatic carbocycles. The highest BCUT2D eigenvalue weighted by Gasteiger charge is 2.08. The van der Waals surface area contributed by atoms with E-state index in [1.165, 1.54) is 24.3 Å². The highest BCUT2D eigenvalue weighted by molar-refractivity contribution is 5.44. The van der Waals surface area contributed by atoms with Gasteiger partial charge >= 0.3 is 0 Å². The lowest BCUT2D eigenvalue weighted by Gasteiger charge is -2.08. The van der Waals surface area contributed by atoms with Crippen LogP contribution in [0.1, 0.15) is 17.2 Å². The van der Waals surface area contributed by atoms with E-state index in [4.69, 9.17) is 11.0 Å². The van der Waals surface area contributed by atoms with E-state index in [2.05, 4.69) is 6.58 Å². The van der Waals surface area contributed by atoms with Crippen molar-refractivity contribution in [3.8, 4) is 11.8 Å². The summed E-state index contributed by atoms with van der Waals surface area (Å²) in [7, 11) is 0. The molecule has 0 aliphatic heterocycles. The zero-order valence-corrected chi connectivity index (χ0v) is 7.07. The van der Waals surface area contributed by atoms with Crippen LogP contribution >= 0.6 is 0 Å². The number of rotatable bonds is 2. The summed E-state index contributed by atoms with van der Waals surface area (Å²) in [4.78, 5) is 0. The Morgan fingerprint density at radius 3 is 2.85 bits per heavy atom. The van der Waals surface area contributed by atoms with E-state index in [0.717, 1.165) is 0 Å². The van der Waals surface area contributed by atoms with Crippen molar-refractivity contribution in [2.45, 2.75) is 6.04 Å². The number of phenols is 1. The van der Waals surface area contributed by atoms with Crippen molar-refractivity contribution in [1.29, 1.82) is 5.26 Å². The van der Waals surface area contributed by atoms with Gasteiger partial charge in [-0.3, -0.25) is 0 Å². The lowest BCUT2D eigenvalue weighted by molar-refractivity contribution is 0.474. The lowest BCUT2D eigenvalue weighted by Crippen LogP contribution is -2.08. The van der Waals surface area contributed by atoms with E-state index in [9.17, 15) is 5.11 Å². The van der Waals surface area contributed by atoms with Gasteiger partial charge in [-0.1, -0.05) is 6.08 Å². The molecule has 0 fully saturated rings. The Bertz CT molecular complexity index is 366. The summed E-state index contributed by atoms with van der Waals surface area (Å²) >= 11 is 0. The molecular weight excluding hydrogens is 164 g/mol. The Labute approximate surface area is 76.7 Å². The predicted octanol–water partition coefficient (Wildman–Crippen LogP) is 1.45. The van der Waals surface area contributed by atoms with Crippen molar-refractivity contribution in [1.82, 2.24) is 0 Å². The molecule has 0 heterocycles. The van der Waals surface area contributed by atoms with Crippen LogP contribution in [0.3, 0.4) is 0 Å². The van der Waals surface area contributed by atoms with Crippen LogP contribution in [0.15, 0.2) is 30.9 Å². The Kier molecular flexibility index (Phi) is 2.68. The molecule has 0 radical (unpaired) electrons. The first-order valence-electron chi connectivity index (χ1n) is 3.80. The fraction of sp³-hybridized carbons (Fsp3) is 0.100. The number of nitriles is 1. The number of hydrogen-bond acceptors (Lipinski definition) is 3. The van der Waals surface area contributed by atoms with Crippen LogP contribution in [-0.4, -0.2) is 5.11 Å². The number of benzene rings is 1. The molecule has 1 unspecified atom stereocenters. The monoisotopic (exact) mass is 174 g/mol. The third-order valence-corrected chi connectivity index (χ3v) is 1.77.